The topological polar surface area (TPSA) is 42.0 Å². The Labute approximate surface area is 69.6 Å². The molecule has 1 N–H and O–H groups in total. The molecule has 2 rings (SSSR count). The summed E-state index contributed by atoms with van der Waals surface area (Å²) >= 11 is 4.72. The summed E-state index contributed by atoms with van der Waals surface area (Å²) in [5.41, 5.74) is 0.580. The van der Waals surface area contributed by atoms with Gasteiger partial charge in [-0.1, -0.05) is 0 Å². The van der Waals surface area contributed by atoms with Crippen molar-refractivity contribution in [2.45, 2.75) is 6.54 Å². The molecule has 1 aliphatic heterocycles. The highest BCUT2D eigenvalue weighted by Gasteiger charge is 2.22. The van der Waals surface area contributed by atoms with Crippen molar-refractivity contribution in [3.05, 3.63) is 14.5 Å². The molecule has 0 saturated carbocycles. The fourth-order valence-electron chi connectivity index (χ4n) is 0.865. The first kappa shape index (κ1) is 6.30. The Kier molecular flexibility index (Phi) is 1.28. The lowest BCUT2D eigenvalue weighted by molar-refractivity contribution is 0.0961. The normalized spacial score (nSPS) is 15.1. The van der Waals surface area contributed by atoms with E-state index in [2.05, 4.69) is 26.2 Å². The quantitative estimate of drug-likeness (QED) is 0.711. The highest BCUT2D eigenvalue weighted by molar-refractivity contribution is 9.11. The van der Waals surface area contributed by atoms with Gasteiger partial charge < -0.3 is 5.32 Å². The summed E-state index contributed by atoms with van der Waals surface area (Å²) in [5, 5.41) is 2.68. The summed E-state index contributed by atoms with van der Waals surface area (Å²) in [7, 11) is 0. The van der Waals surface area contributed by atoms with Gasteiger partial charge in [0.2, 0.25) is 0 Å². The second-order valence-corrected chi connectivity index (χ2v) is 4.28. The largest absolute Gasteiger partial charge is 0.346 e. The molecule has 1 amide bonds. The minimum Gasteiger partial charge on any atom is -0.346 e. The summed E-state index contributed by atoms with van der Waals surface area (Å²) in [6, 6.07) is 0. The Balaban J connectivity index is 2.59. The third kappa shape index (κ3) is 0.775. The third-order valence-corrected chi connectivity index (χ3v) is 2.80. The van der Waals surface area contributed by atoms with Crippen molar-refractivity contribution in [2.75, 3.05) is 0 Å². The molecule has 1 aliphatic rings. The monoisotopic (exact) mass is 218 g/mol. The maximum atomic E-state index is 10.9. The number of carbonyl (C=O) groups is 1. The molecule has 0 bridgehead atoms. The number of nitrogens with zero attached hydrogens (tertiary/aromatic N) is 1. The summed E-state index contributed by atoms with van der Waals surface area (Å²) in [5.74, 6) is -0.0584. The highest BCUT2D eigenvalue weighted by atomic mass is 79.9. The van der Waals surface area contributed by atoms with E-state index in [1.165, 1.54) is 11.3 Å². The number of thiazole rings is 1. The molecule has 0 radical (unpaired) electrons. The Bertz CT molecular complexity index is 296. The molecule has 0 spiro atoms. The fourth-order valence-corrected chi connectivity index (χ4v) is 2.35. The van der Waals surface area contributed by atoms with E-state index in [1.54, 1.807) is 0 Å². The molecule has 0 atom stereocenters. The number of amides is 1. The Hall–Kier alpha value is -0.420. The van der Waals surface area contributed by atoms with Crippen LogP contribution in [0, 0.1) is 0 Å². The zero-order chi connectivity index (χ0) is 7.14. The molecule has 0 fully saturated rings. The Morgan fingerprint density at radius 3 is 3.20 bits per heavy atom. The first-order valence-electron chi connectivity index (χ1n) is 2.71. The van der Waals surface area contributed by atoms with Crippen LogP contribution < -0.4 is 5.32 Å². The van der Waals surface area contributed by atoms with Crippen molar-refractivity contribution in [1.82, 2.24) is 10.3 Å². The predicted molar refractivity (Wildman–Crippen MR) is 41.0 cm³/mol. The van der Waals surface area contributed by atoms with Crippen LogP contribution in [0.2, 0.25) is 0 Å². The van der Waals surface area contributed by atoms with Gasteiger partial charge in [0.15, 0.2) is 3.92 Å². The number of carbonyl (C=O) groups excluding carboxylic acids is 1. The lowest BCUT2D eigenvalue weighted by Crippen LogP contribution is -2.13. The molecule has 2 heterocycles. The molecule has 0 unspecified atom stereocenters. The average Bonchev–Trinajstić information content (AvgIpc) is 2.35. The van der Waals surface area contributed by atoms with Crippen LogP contribution in [0.1, 0.15) is 15.4 Å². The zero-order valence-electron chi connectivity index (χ0n) is 4.85. The molecule has 0 aromatic carbocycles. The minimum absolute atomic E-state index is 0.0584. The van der Waals surface area contributed by atoms with Crippen LogP contribution in [0.3, 0.4) is 0 Å². The van der Waals surface area contributed by atoms with Gasteiger partial charge in [-0.15, -0.1) is 11.3 Å². The Morgan fingerprint density at radius 2 is 2.50 bits per heavy atom. The number of hydrogen-bond donors (Lipinski definition) is 1. The van der Waals surface area contributed by atoms with Gasteiger partial charge in [0, 0.05) is 0 Å². The lowest BCUT2D eigenvalue weighted by Gasteiger charge is -1.85. The zero-order valence-corrected chi connectivity index (χ0v) is 7.25. The van der Waals surface area contributed by atoms with E-state index in [-0.39, 0.29) is 5.91 Å². The van der Waals surface area contributed by atoms with E-state index in [9.17, 15) is 4.79 Å². The third-order valence-electron chi connectivity index (χ3n) is 1.30. The first-order chi connectivity index (χ1) is 4.77. The molecule has 1 aromatic rings. The van der Waals surface area contributed by atoms with Crippen molar-refractivity contribution in [1.29, 1.82) is 0 Å². The average molecular weight is 219 g/mol. The summed E-state index contributed by atoms with van der Waals surface area (Å²) in [6.45, 7) is 0.636. The van der Waals surface area contributed by atoms with Crippen LogP contribution in [0.5, 0.6) is 0 Å². The van der Waals surface area contributed by atoms with E-state index in [0.29, 0.717) is 12.2 Å². The van der Waals surface area contributed by atoms with Gasteiger partial charge >= 0.3 is 0 Å². The lowest BCUT2D eigenvalue weighted by atomic mass is 10.4. The molecular weight excluding hydrogens is 216 g/mol. The van der Waals surface area contributed by atoms with Gasteiger partial charge in [-0.3, -0.25) is 4.79 Å². The maximum absolute atomic E-state index is 10.9. The van der Waals surface area contributed by atoms with Crippen LogP contribution in [-0.2, 0) is 6.54 Å². The van der Waals surface area contributed by atoms with E-state index < -0.39 is 0 Å². The van der Waals surface area contributed by atoms with E-state index in [1.807, 2.05) is 0 Å². The highest BCUT2D eigenvalue weighted by Crippen LogP contribution is 2.25. The second-order valence-electron chi connectivity index (χ2n) is 1.92. The van der Waals surface area contributed by atoms with Crippen molar-refractivity contribution < 1.29 is 4.79 Å². The fraction of sp³-hybridized carbons (Fsp3) is 0.200. The van der Waals surface area contributed by atoms with Gasteiger partial charge in [0.1, 0.15) is 5.69 Å². The van der Waals surface area contributed by atoms with E-state index >= 15 is 0 Å². The minimum atomic E-state index is -0.0584. The molecule has 52 valence electrons. The maximum Gasteiger partial charge on any atom is 0.271 e. The SMILES string of the molecule is O=C1NCc2sc(Br)nc21. The van der Waals surface area contributed by atoms with Crippen LogP contribution in [0.15, 0.2) is 3.92 Å². The summed E-state index contributed by atoms with van der Waals surface area (Å²) in [6.07, 6.45) is 0. The predicted octanol–water partition coefficient (Wildman–Crippen LogP) is 1.15. The van der Waals surface area contributed by atoms with Crippen LogP contribution >= 0.6 is 27.3 Å². The molecule has 3 nitrogen and oxygen atoms in total. The Morgan fingerprint density at radius 1 is 1.70 bits per heavy atom. The van der Waals surface area contributed by atoms with Crippen LogP contribution in [0.25, 0.3) is 0 Å². The van der Waals surface area contributed by atoms with Gasteiger partial charge in [0.25, 0.3) is 5.91 Å². The van der Waals surface area contributed by atoms with Crippen LogP contribution in [-0.4, -0.2) is 10.9 Å². The first-order valence-corrected chi connectivity index (χ1v) is 4.32. The molecular formula is C5H3BrN2OS. The molecule has 10 heavy (non-hydrogen) atoms. The van der Waals surface area contributed by atoms with Gasteiger partial charge in [-0.2, -0.15) is 0 Å². The number of nitrogens with one attached hydrogen (secondary N) is 1. The molecule has 5 heteroatoms. The van der Waals surface area contributed by atoms with Crippen LogP contribution in [0.4, 0.5) is 0 Å². The smallest absolute Gasteiger partial charge is 0.271 e. The standard InChI is InChI=1S/C5H3BrN2OS/c6-5-8-3-2(10-5)1-7-4(3)9/h1H2,(H,7,9). The van der Waals surface area contributed by atoms with E-state index in [4.69, 9.17) is 0 Å². The van der Waals surface area contributed by atoms with Crippen molar-refractivity contribution >= 4 is 33.2 Å². The van der Waals surface area contributed by atoms with E-state index in [0.717, 1.165) is 8.79 Å². The summed E-state index contributed by atoms with van der Waals surface area (Å²) in [4.78, 5) is 15.9. The van der Waals surface area contributed by atoms with Crippen molar-refractivity contribution in [3.8, 4) is 0 Å². The number of halogens is 1. The van der Waals surface area contributed by atoms with Crippen molar-refractivity contribution in [3.63, 3.8) is 0 Å². The number of fused-ring (bicyclic) bond motifs is 1. The molecule has 0 saturated heterocycles. The number of hydrogen-bond acceptors (Lipinski definition) is 3. The number of rotatable bonds is 0. The van der Waals surface area contributed by atoms with Gasteiger partial charge in [0.05, 0.1) is 11.4 Å². The summed E-state index contributed by atoms with van der Waals surface area (Å²) < 4.78 is 0.785. The van der Waals surface area contributed by atoms with Crippen molar-refractivity contribution in [2.24, 2.45) is 0 Å². The number of aromatic nitrogens is 1. The second kappa shape index (κ2) is 2.03. The molecule has 0 aliphatic carbocycles. The van der Waals surface area contributed by atoms with Gasteiger partial charge in [-0.25, -0.2) is 4.98 Å². The molecule has 1 aromatic heterocycles. The van der Waals surface area contributed by atoms with Gasteiger partial charge in [-0.05, 0) is 15.9 Å².